The predicted molar refractivity (Wildman–Crippen MR) is 85.3 cm³/mol. The first-order valence-electron chi connectivity index (χ1n) is 7.04. The molecule has 0 aromatic heterocycles. The molecule has 0 atom stereocenters. The third kappa shape index (κ3) is 4.10. The molecular formula is C18H18O5. The molecule has 0 amide bonds. The van der Waals surface area contributed by atoms with Crippen LogP contribution in [0, 0.1) is 6.92 Å². The van der Waals surface area contributed by atoms with Crippen molar-refractivity contribution in [3.8, 4) is 11.5 Å². The lowest BCUT2D eigenvalue weighted by molar-refractivity contribution is 0.0474. The molecule has 0 saturated carbocycles. The van der Waals surface area contributed by atoms with Crippen molar-refractivity contribution in [3.05, 3.63) is 59.2 Å². The van der Waals surface area contributed by atoms with E-state index < -0.39 is 5.97 Å². The van der Waals surface area contributed by atoms with Crippen molar-refractivity contribution in [1.29, 1.82) is 0 Å². The van der Waals surface area contributed by atoms with Gasteiger partial charge in [0.05, 0.1) is 25.3 Å². The van der Waals surface area contributed by atoms with Crippen LogP contribution >= 0.6 is 0 Å². The zero-order valence-electron chi connectivity index (χ0n) is 13.3. The van der Waals surface area contributed by atoms with Gasteiger partial charge in [-0.3, -0.25) is 4.79 Å². The molecular weight excluding hydrogens is 296 g/mol. The Balaban J connectivity index is 2.04. The van der Waals surface area contributed by atoms with Crippen LogP contribution in [0.15, 0.2) is 42.5 Å². The van der Waals surface area contributed by atoms with Gasteiger partial charge in [0.1, 0.15) is 11.5 Å². The Hall–Kier alpha value is -2.82. The lowest BCUT2D eigenvalue weighted by atomic mass is 10.1. The van der Waals surface area contributed by atoms with E-state index in [1.54, 1.807) is 30.3 Å². The van der Waals surface area contributed by atoms with Crippen molar-refractivity contribution in [2.45, 2.75) is 6.92 Å². The highest BCUT2D eigenvalue weighted by Gasteiger charge is 2.16. The zero-order valence-corrected chi connectivity index (χ0v) is 13.3. The second kappa shape index (κ2) is 7.45. The Morgan fingerprint density at radius 2 is 1.65 bits per heavy atom. The second-order valence-corrected chi connectivity index (χ2v) is 4.93. The zero-order chi connectivity index (χ0) is 16.8. The number of esters is 1. The standard InChI is InChI=1S/C18H18O5/c1-12-4-6-13(7-5-12)18(20)23-11-16(19)15-9-8-14(21-2)10-17(15)22-3/h4-10H,11H2,1-3H3. The summed E-state index contributed by atoms with van der Waals surface area (Å²) in [5, 5.41) is 0. The average molecular weight is 314 g/mol. The molecule has 2 aromatic carbocycles. The summed E-state index contributed by atoms with van der Waals surface area (Å²) >= 11 is 0. The van der Waals surface area contributed by atoms with Crippen LogP contribution in [0.3, 0.4) is 0 Å². The monoisotopic (exact) mass is 314 g/mol. The lowest BCUT2D eigenvalue weighted by Gasteiger charge is -2.10. The van der Waals surface area contributed by atoms with Crippen LogP contribution in [0.25, 0.3) is 0 Å². The van der Waals surface area contributed by atoms with Crippen molar-refractivity contribution in [2.24, 2.45) is 0 Å². The van der Waals surface area contributed by atoms with E-state index in [2.05, 4.69) is 0 Å². The highest BCUT2D eigenvalue weighted by Crippen LogP contribution is 2.25. The second-order valence-electron chi connectivity index (χ2n) is 4.93. The van der Waals surface area contributed by atoms with Gasteiger partial charge in [-0.2, -0.15) is 0 Å². The number of hydrogen-bond acceptors (Lipinski definition) is 5. The van der Waals surface area contributed by atoms with E-state index >= 15 is 0 Å². The maximum atomic E-state index is 12.2. The topological polar surface area (TPSA) is 61.8 Å². The summed E-state index contributed by atoms with van der Waals surface area (Å²) in [7, 11) is 2.99. The number of methoxy groups -OCH3 is 2. The highest BCUT2D eigenvalue weighted by molar-refractivity contribution is 6.01. The van der Waals surface area contributed by atoms with E-state index in [1.165, 1.54) is 14.2 Å². The fourth-order valence-electron chi connectivity index (χ4n) is 2.01. The van der Waals surface area contributed by atoms with Crippen molar-refractivity contribution in [3.63, 3.8) is 0 Å². The van der Waals surface area contributed by atoms with E-state index in [9.17, 15) is 9.59 Å². The van der Waals surface area contributed by atoms with E-state index in [-0.39, 0.29) is 12.4 Å². The normalized spacial score (nSPS) is 10.0. The highest BCUT2D eigenvalue weighted by atomic mass is 16.5. The summed E-state index contributed by atoms with van der Waals surface area (Å²) in [5.74, 6) is 0.0755. The van der Waals surface area contributed by atoms with E-state index in [0.29, 0.717) is 22.6 Å². The molecule has 0 saturated heterocycles. The molecule has 0 aliphatic rings. The molecule has 120 valence electrons. The van der Waals surface area contributed by atoms with Crippen LogP contribution in [0.5, 0.6) is 11.5 Å². The Kier molecular flexibility index (Phi) is 5.36. The summed E-state index contributed by atoms with van der Waals surface area (Å²) in [5.41, 5.74) is 1.79. The van der Waals surface area contributed by atoms with Gasteiger partial charge < -0.3 is 14.2 Å². The van der Waals surface area contributed by atoms with Crippen molar-refractivity contribution >= 4 is 11.8 Å². The van der Waals surface area contributed by atoms with Crippen LogP contribution < -0.4 is 9.47 Å². The number of aryl methyl sites for hydroxylation is 1. The van der Waals surface area contributed by atoms with Crippen LogP contribution in [0.4, 0.5) is 0 Å². The smallest absolute Gasteiger partial charge is 0.338 e. The lowest BCUT2D eigenvalue weighted by Crippen LogP contribution is -2.15. The third-order valence-electron chi connectivity index (χ3n) is 3.33. The summed E-state index contributed by atoms with van der Waals surface area (Å²) in [6.07, 6.45) is 0. The molecule has 23 heavy (non-hydrogen) atoms. The summed E-state index contributed by atoms with van der Waals surface area (Å²) in [6.45, 7) is 1.57. The van der Waals surface area contributed by atoms with Crippen LogP contribution in [0.2, 0.25) is 0 Å². The maximum absolute atomic E-state index is 12.2. The minimum atomic E-state index is -0.536. The molecule has 2 aromatic rings. The number of carbonyl (C=O) groups excluding carboxylic acids is 2. The molecule has 0 spiro atoms. The van der Waals surface area contributed by atoms with Crippen molar-refractivity contribution < 1.29 is 23.8 Å². The molecule has 0 heterocycles. The molecule has 0 fully saturated rings. The average Bonchev–Trinajstić information content (AvgIpc) is 2.59. The largest absolute Gasteiger partial charge is 0.497 e. The van der Waals surface area contributed by atoms with Gasteiger partial charge in [0.2, 0.25) is 5.78 Å². The van der Waals surface area contributed by atoms with Gasteiger partial charge in [-0.25, -0.2) is 4.79 Å². The number of ether oxygens (including phenoxy) is 3. The molecule has 0 aliphatic carbocycles. The number of carbonyl (C=O) groups is 2. The Labute approximate surface area is 134 Å². The summed E-state index contributed by atoms with van der Waals surface area (Å²) in [4.78, 5) is 24.1. The van der Waals surface area contributed by atoms with Crippen LogP contribution in [-0.2, 0) is 4.74 Å². The fraction of sp³-hybridized carbons (Fsp3) is 0.222. The first kappa shape index (κ1) is 16.5. The van der Waals surface area contributed by atoms with E-state index in [4.69, 9.17) is 14.2 Å². The third-order valence-corrected chi connectivity index (χ3v) is 3.33. The molecule has 0 bridgehead atoms. The minimum Gasteiger partial charge on any atom is -0.497 e. The molecule has 0 N–H and O–H groups in total. The summed E-state index contributed by atoms with van der Waals surface area (Å²) < 4.78 is 15.3. The van der Waals surface area contributed by atoms with Gasteiger partial charge in [-0.15, -0.1) is 0 Å². The minimum absolute atomic E-state index is 0.338. The Morgan fingerprint density at radius 1 is 0.957 bits per heavy atom. The quantitative estimate of drug-likeness (QED) is 0.606. The van der Waals surface area contributed by atoms with Gasteiger partial charge in [0.15, 0.2) is 6.61 Å². The van der Waals surface area contributed by atoms with E-state index in [0.717, 1.165) is 5.56 Å². The van der Waals surface area contributed by atoms with Gasteiger partial charge in [0.25, 0.3) is 0 Å². The first-order chi connectivity index (χ1) is 11.0. The number of Topliss-reactive ketones (excluding diaryl/α,β-unsaturated/α-hetero) is 1. The molecule has 2 rings (SSSR count). The van der Waals surface area contributed by atoms with Gasteiger partial charge in [-0.05, 0) is 31.2 Å². The predicted octanol–water partition coefficient (Wildman–Crippen LogP) is 3.05. The van der Waals surface area contributed by atoms with Crippen LogP contribution in [0.1, 0.15) is 26.3 Å². The van der Waals surface area contributed by atoms with Gasteiger partial charge in [-0.1, -0.05) is 17.7 Å². The van der Waals surface area contributed by atoms with Gasteiger partial charge in [0, 0.05) is 6.07 Å². The van der Waals surface area contributed by atoms with Crippen molar-refractivity contribution in [1.82, 2.24) is 0 Å². The number of ketones is 1. The molecule has 0 aliphatic heterocycles. The molecule has 5 nitrogen and oxygen atoms in total. The Morgan fingerprint density at radius 3 is 2.26 bits per heavy atom. The number of rotatable bonds is 6. The number of hydrogen-bond donors (Lipinski definition) is 0. The molecule has 0 radical (unpaired) electrons. The summed E-state index contributed by atoms with van der Waals surface area (Å²) in [6, 6.07) is 11.8. The van der Waals surface area contributed by atoms with Crippen molar-refractivity contribution in [2.75, 3.05) is 20.8 Å². The fourth-order valence-corrected chi connectivity index (χ4v) is 2.01. The number of benzene rings is 2. The SMILES string of the molecule is COc1ccc(C(=O)COC(=O)c2ccc(C)cc2)c(OC)c1. The molecule has 5 heteroatoms. The van der Waals surface area contributed by atoms with Crippen LogP contribution in [-0.4, -0.2) is 32.6 Å². The van der Waals surface area contributed by atoms with E-state index in [1.807, 2.05) is 19.1 Å². The first-order valence-corrected chi connectivity index (χ1v) is 7.04. The van der Waals surface area contributed by atoms with Gasteiger partial charge >= 0.3 is 5.97 Å². The maximum Gasteiger partial charge on any atom is 0.338 e. The Bertz CT molecular complexity index is 704. The molecule has 0 unspecified atom stereocenters.